The van der Waals surface area contributed by atoms with E-state index in [0.717, 1.165) is 22.2 Å². The summed E-state index contributed by atoms with van der Waals surface area (Å²) in [6.07, 6.45) is 7.25. The average Bonchev–Trinajstić information content (AvgIpc) is 3.40. The van der Waals surface area contributed by atoms with Crippen LogP contribution in [-0.4, -0.2) is 55.7 Å². The minimum atomic E-state index is -0.702. The van der Waals surface area contributed by atoms with Crippen LogP contribution >= 0.6 is 0 Å². The molecule has 0 unspecified atom stereocenters. The third kappa shape index (κ3) is 4.02. The summed E-state index contributed by atoms with van der Waals surface area (Å²) >= 11 is 0. The molecule has 0 saturated carbocycles. The lowest BCUT2D eigenvalue weighted by Gasteiger charge is -2.28. The van der Waals surface area contributed by atoms with Crippen LogP contribution in [0, 0.1) is 0 Å². The molecule has 2 N–H and O–H groups in total. The van der Waals surface area contributed by atoms with Crippen molar-refractivity contribution in [1.29, 1.82) is 0 Å². The van der Waals surface area contributed by atoms with Crippen molar-refractivity contribution in [1.82, 2.24) is 24.6 Å². The number of aliphatic hydroxyl groups excluding tert-OH is 1. The molecular weight excluding hydrogens is 406 g/mol. The number of hydrogen-bond donors (Lipinski definition) is 2. The molecule has 8 nitrogen and oxygen atoms in total. The average molecular weight is 431 g/mol. The Kier molecular flexibility index (Phi) is 5.46. The van der Waals surface area contributed by atoms with Crippen molar-refractivity contribution in [3.63, 3.8) is 0 Å². The van der Waals surface area contributed by atoms with Gasteiger partial charge in [0.2, 0.25) is 0 Å². The minimum absolute atomic E-state index is 0.231. The first-order valence-corrected chi connectivity index (χ1v) is 10.7. The fraction of sp³-hybridized carbons (Fsp3) is 0.292. The fourth-order valence-corrected chi connectivity index (χ4v) is 4.13. The Bertz CT molecular complexity index is 1240. The normalized spacial score (nSPS) is 18.7. The SMILES string of the molecule is Cn1cc(-c2ccc(Cn3cc(C(=O)N[C@H]4CCOC[C@@H]4O)c4ncccc43)cc2)cn1. The van der Waals surface area contributed by atoms with Gasteiger partial charge in [-0.1, -0.05) is 24.3 Å². The van der Waals surface area contributed by atoms with Crippen molar-refractivity contribution >= 4 is 16.9 Å². The van der Waals surface area contributed by atoms with Crippen molar-refractivity contribution in [2.75, 3.05) is 13.2 Å². The zero-order valence-corrected chi connectivity index (χ0v) is 17.8. The lowest BCUT2D eigenvalue weighted by atomic mass is 10.1. The third-order valence-electron chi connectivity index (χ3n) is 5.87. The number of carbonyl (C=O) groups excluding carboxylic acids is 1. The molecule has 1 fully saturated rings. The molecule has 4 heterocycles. The van der Waals surface area contributed by atoms with Gasteiger partial charge in [-0.25, -0.2) is 0 Å². The standard InChI is InChI=1S/C24H25N5O3/c1-28-13-18(11-26-28)17-6-4-16(5-7-17)12-29-14-19(23-21(29)3-2-9-25-23)24(31)27-20-8-10-32-15-22(20)30/h2-7,9,11,13-14,20,22,30H,8,10,12,15H2,1H3,(H,27,31)/t20-,22-/m0/s1. The molecule has 5 rings (SSSR count). The Morgan fingerprint density at radius 2 is 2.06 bits per heavy atom. The van der Waals surface area contributed by atoms with Gasteiger partial charge in [0, 0.05) is 44.4 Å². The van der Waals surface area contributed by atoms with Gasteiger partial charge in [-0.2, -0.15) is 5.10 Å². The molecule has 1 amide bonds. The fourth-order valence-electron chi connectivity index (χ4n) is 4.13. The summed E-state index contributed by atoms with van der Waals surface area (Å²) < 4.78 is 9.08. The van der Waals surface area contributed by atoms with E-state index in [1.807, 2.05) is 42.3 Å². The summed E-state index contributed by atoms with van der Waals surface area (Å²) in [5, 5.41) is 17.3. The van der Waals surface area contributed by atoms with Crippen molar-refractivity contribution in [2.45, 2.75) is 25.1 Å². The number of aryl methyl sites for hydroxylation is 1. The lowest BCUT2D eigenvalue weighted by Crippen LogP contribution is -2.48. The van der Waals surface area contributed by atoms with E-state index in [9.17, 15) is 9.90 Å². The maximum absolute atomic E-state index is 13.0. The summed E-state index contributed by atoms with van der Waals surface area (Å²) in [7, 11) is 1.90. The first-order chi connectivity index (χ1) is 15.6. The summed E-state index contributed by atoms with van der Waals surface area (Å²) in [6, 6.07) is 11.8. The maximum Gasteiger partial charge on any atom is 0.255 e. The monoisotopic (exact) mass is 431 g/mol. The molecule has 0 bridgehead atoms. The number of nitrogens with zero attached hydrogens (tertiary/aromatic N) is 4. The largest absolute Gasteiger partial charge is 0.389 e. The number of nitrogens with one attached hydrogen (secondary N) is 1. The zero-order chi connectivity index (χ0) is 22.1. The number of carbonyl (C=O) groups is 1. The van der Waals surface area contributed by atoms with Crippen LogP contribution in [0.3, 0.4) is 0 Å². The molecule has 8 heteroatoms. The van der Waals surface area contributed by atoms with Gasteiger partial charge in [0.1, 0.15) is 5.52 Å². The van der Waals surface area contributed by atoms with Crippen molar-refractivity contribution in [3.05, 3.63) is 72.3 Å². The number of fused-ring (bicyclic) bond motifs is 1. The Morgan fingerprint density at radius 1 is 1.22 bits per heavy atom. The molecule has 1 aliphatic rings. The van der Waals surface area contributed by atoms with Crippen LogP contribution in [0.1, 0.15) is 22.3 Å². The van der Waals surface area contributed by atoms with Crippen molar-refractivity contribution < 1.29 is 14.6 Å². The molecule has 32 heavy (non-hydrogen) atoms. The van der Waals surface area contributed by atoms with Gasteiger partial charge in [-0.3, -0.25) is 14.5 Å². The second-order valence-electron chi connectivity index (χ2n) is 8.15. The van der Waals surface area contributed by atoms with Gasteiger partial charge in [-0.05, 0) is 29.7 Å². The van der Waals surface area contributed by atoms with E-state index in [-0.39, 0.29) is 18.6 Å². The quantitative estimate of drug-likeness (QED) is 0.506. The summed E-state index contributed by atoms with van der Waals surface area (Å²) in [5.74, 6) is -0.231. The molecule has 1 saturated heterocycles. The molecule has 0 spiro atoms. The van der Waals surface area contributed by atoms with Crippen molar-refractivity contribution in [2.24, 2.45) is 7.05 Å². The van der Waals surface area contributed by atoms with Gasteiger partial charge < -0.3 is 19.7 Å². The lowest BCUT2D eigenvalue weighted by molar-refractivity contribution is -0.0260. The molecule has 4 aromatic rings. The topological polar surface area (TPSA) is 94.2 Å². The smallest absolute Gasteiger partial charge is 0.255 e. The first kappa shape index (κ1) is 20.4. The number of aliphatic hydroxyl groups is 1. The number of amides is 1. The molecule has 0 aliphatic carbocycles. The summed E-state index contributed by atoms with van der Waals surface area (Å²) in [5.41, 5.74) is 5.34. The molecule has 164 valence electrons. The first-order valence-electron chi connectivity index (χ1n) is 10.7. The molecule has 2 atom stereocenters. The molecule has 3 aromatic heterocycles. The predicted octanol–water partition coefficient (Wildman–Crippen LogP) is 2.36. The Morgan fingerprint density at radius 3 is 2.81 bits per heavy atom. The number of benzene rings is 1. The molecular formula is C24H25N5O3. The Labute approximate surface area is 185 Å². The van der Waals surface area contributed by atoms with Gasteiger partial charge in [-0.15, -0.1) is 0 Å². The highest BCUT2D eigenvalue weighted by atomic mass is 16.5. The maximum atomic E-state index is 13.0. The highest BCUT2D eigenvalue weighted by Gasteiger charge is 2.27. The van der Waals surface area contributed by atoms with Gasteiger partial charge in [0.15, 0.2) is 0 Å². The van der Waals surface area contributed by atoms with E-state index < -0.39 is 6.10 Å². The number of pyridine rings is 1. The Hall–Kier alpha value is -3.49. The van der Waals surface area contributed by atoms with E-state index in [1.54, 1.807) is 10.9 Å². The second kappa shape index (κ2) is 8.57. The van der Waals surface area contributed by atoms with E-state index in [1.165, 1.54) is 0 Å². The molecule has 1 aromatic carbocycles. The minimum Gasteiger partial charge on any atom is -0.389 e. The molecule has 1 aliphatic heterocycles. The van der Waals surface area contributed by atoms with Gasteiger partial charge in [0.05, 0.1) is 36.0 Å². The molecule has 0 radical (unpaired) electrons. The third-order valence-corrected chi connectivity index (χ3v) is 5.87. The van der Waals surface area contributed by atoms with Crippen LogP contribution in [0.2, 0.25) is 0 Å². The number of rotatable bonds is 5. The number of aromatic nitrogens is 4. The van der Waals surface area contributed by atoms with E-state index in [2.05, 4.69) is 39.7 Å². The number of hydrogen-bond acceptors (Lipinski definition) is 5. The Balaban J connectivity index is 1.39. The van der Waals surface area contributed by atoms with Crippen LogP contribution in [0.4, 0.5) is 0 Å². The van der Waals surface area contributed by atoms with Crippen LogP contribution in [-0.2, 0) is 18.3 Å². The zero-order valence-electron chi connectivity index (χ0n) is 17.8. The van der Waals surface area contributed by atoms with Crippen LogP contribution < -0.4 is 5.32 Å². The second-order valence-corrected chi connectivity index (χ2v) is 8.15. The highest BCUT2D eigenvalue weighted by molar-refractivity contribution is 6.05. The number of ether oxygens (including phenoxy) is 1. The van der Waals surface area contributed by atoms with Crippen molar-refractivity contribution in [3.8, 4) is 11.1 Å². The van der Waals surface area contributed by atoms with Gasteiger partial charge >= 0.3 is 0 Å². The van der Waals surface area contributed by atoms with E-state index in [0.29, 0.717) is 30.7 Å². The highest BCUT2D eigenvalue weighted by Crippen LogP contribution is 2.23. The van der Waals surface area contributed by atoms with Crippen LogP contribution in [0.15, 0.2) is 61.2 Å². The summed E-state index contributed by atoms with van der Waals surface area (Å²) in [6.45, 7) is 1.37. The summed E-state index contributed by atoms with van der Waals surface area (Å²) in [4.78, 5) is 17.5. The van der Waals surface area contributed by atoms with Gasteiger partial charge in [0.25, 0.3) is 5.91 Å². The van der Waals surface area contributed by atoms with E-state index in [4.69, 9.17) is 4.74 Å². The van der Waals surface area contributed by atoms with E-state index >= 15 is 0 Å². The van der Waals surface area contributed by atoms with Crippen LogP contribution in [0.25, 0.3) is 22.2 Å². The van der Waals surface area contributed by atoms with Crippen LogP contribution in [0.5, 0.6) is 0 Å². The predicted molar refractivity (Wildman–Crippen MR) is 120 cm³/mol.